The first-order valence-electron chi connectivity index (χ1n) is 9.46. The van der Waals surface area contributed by atoms with Crippen molar-refractivity contribution in [3.8, 4) is 0 Å². The molecule has 0 aromatic carbocycles. The van der Waals surface area contributed by atoms with Gasteiger partial charge in [0.25, 0.3) is 0 Å². The van der Waals surface area contributed by atoms with E-state index in [1.807, 2.05) is 0 Å². The summed E-state index contributed by atoms with van der Waals surface area (Å²) in [5.41, 5.74) is 6.22. The number of hydrogen-bond donors (Lipinski definition) is 2. The molecule has 156 valence electrons. The molecular weight excluding hydrogens is 402 g/mol. The van der Waals surface area contributed by atoms with Gasteiger partial charge in [0.05, 0.1) is 12.7 Å². The number of carbonyl (C=O) groups is 3. The zero-order chi connectivity index (χ0) is 19.4. The van der Waals surface area contributed by atoms with E-state index in [9.17, 15) is 14.4 Å². The zero-order valence-electron chi connectivity index (χ0n) is 16.1. The second kappa shape index (κ2) is 9.71. The van der Waals surface area contributed by atoms with Crippen LogP contribution in [-0.2, 0) is 14.3 Å². The molecule has 28 heavy (non-hydrogen) atoms. The Hall–Kier alpha value is -1.64. The van der Waals surface area contributed by atoms with Gasteiger partial charge in [0, 0.05) is 13.0 Å². The fourth-order valence-corrected chi connectivity index (χ4v) is 5.05. The van der Waals surface area contributed by atoms with Gasteiger partial charge in [-0.2, -0.15) is 0 Å². The molecule has 1 atom stereocenters. The van der Waals surface area contributed by atoms with Crippen LogP contribution in [0.3, 0.4) is 0 Å². The Morgan fingerprint density at radius 3 is 2.71 bits per heavy atom. The van der Waals surface area contributed by atoms with Crippen molar-refractivity contribution in [3.63, 3.8) is 0 Å². The lowest BCUT2D eigenvalue weighted by atomic mass is 9.71. The molecule has 2 amide bonds. The highest BCUT2D eigenvalue weighted by Crippen LogP contribution is 2.38. The van der Waals surface area contributed by atoms with E-state index >= 15 is 0 Å². The Labute approximate surface area is 175 Å². The lowest BCUT2D eigenvalue weighted by molar-refractivity contribution is -0.128. The van der Waals surface area contributed by atoms with Crippen molar-refractivity contribution < 1.29 is 19.1 Å². The monoisotopic (exact) mass is 429 g/mol. The molecule has 1 aromatic rings. The number of ether oxygens (including phenoxy) is 1. The predicted molar refractivity (Wildman–Crippen MR) is 111 cm³/mol. The molecule has 7 nitrogen and oxygen atoms in total. The van der Waals surface area contributed by atoms with Crippen LogP contribution in [0, 0.1) is 5.41 Å². The molecule has 9 heteroatoms. The predicted octanol–water partition coefficient (Wildman–Crippen LogP) is 2.48. The second-order valence-electron chi connectivity index (χ2n) is 7.47. The third-order valence-electron chi connectivity index (χ3n) is 5.72. The quantitative estimate of drug-likeness (QED) is 0.676. The highest BCUT2D eigenvalue weighted by atomic mass is 35.5. The number of anilines is 1. The molecule has 1 saturated carbocycles. The Morgan fingerprint density at radius 1 is 1.36 bits per heavy atom. The number of methoxy groups -OCH3 is 1. The molecule has 3 rings (SSSR count). The number of thiophene rings is 1. The molecule has 1 saturated heterocycles. The van der Waals surface area contributed by atoms with Gasteiger partial charge < -0.3 is 20.7 Å². The van der Waals surface area contributed by atoms with Crippen LogP contribution in [-0.4, -0.2) is 44.0 Å². The van der Waals surface area contributed by atoms with E-state index in [4.69, 9.17) is 10.5 Å². The van der Waals surface area contributed by atoms with Gasteiger partial charge >= 0.3 is 5.97 Å². The topological polar surface area (TPSA) is 102 Å². The van der Waals surface area contributed by atoms with Crippen LogP contribution in [0.15, 0.2) is 11.4 Å². The van der Waals surface area contributed by atoms with Crippen LogP contribution in [0.2, 0.25) is 0 Å². The van der Waals surface area contributed by atoms with Gasteiger partial charge in [-0.3, -0.25) is 9.59 Å². The van der Waals surface area contributed by atoms with E-state index in [-0.39, 0.29) is 29.6 Å². The summed E-state index contributed by atoms with van der Waals surface area (Å²) in [6, 6.07) is 1.10. The Morgan fingerprint density at radius 2 is 2.07 bits per heavy atom. The minimum absolute atomic E-state index is 0. The maximum atomic E-state index is 12.8. The number of nitrogens with two attached hydrogens (primary N) is 1. The fourth-order valence-electron chi connectivity index (χ4n) is 4.13. The van der Waals surface area contributed by atoms with Crippen LogP contribution >= 0.6 is 23.7 Å². The maximum absolute atomic E-state index is 12.8. The SMILES string of the molecule is COC(=O)c1ccsc1N1CCC(NC(=O)CC2(CN)CCCCC2)C1=O.Cl. The maximum Gasteiger partial charge on any atom is 0.340 e. The second-order valence-corrected chi connectivity index (χ2v) is 8.37. The van der Waals surface area contributed by atoms with Crippen LogP contribution in [0.5, 0.6) is 0 Å². The number of halogens is 1. The van der Waals surface area contributed by atoms with Gasteiger partial charge in [-0.1, -0.05) is 19.3 Å². The van der Waals surface area contributed by atoms with Gasteiger partial charge in [0.15, 0.2) is 0 Å². The molecule has 1 aliphatic heterocycles. The van der Waals surface area contributed by atoms with Gasteiger partial charge in [-0.15, -0.1) is 23.7 Å². The van der Waals surface area contributed by atoms with Gasteiger partial charge in [-0.25, -0.2) is 4.79 Å². The minimum Gasteiger partial charge on any atom is -0.465 e. The average molecular weight is 430 g/mol. The van der Waals surface area contributed by atoms with Crippen LogP contribution < -0.4 is 16.0 Å². The molecule has 1 unspecified atom stereocenters. The summed E-state index contributed by atoms with van der Waals surface area (Å²) in [6.07, 6.45) is 6.25. The summed E-state index contributed by atoms with van der Waals surface area (Å²) < 4.78 is 4.78. The number of esters is 1. The summed E-state index contributed by atoms with van der Waals surface area (Å²) in [7, 11) is 1.32. The number of hydrogen-bond acceptors (Lipinski definition) is 6. The Kier molecular flexibility index (Phi) is 7.86. The van der Waals surface area contributed by atoms with Crippen molar-refractivity contribution in [2.75, 3.05) is 25.1 Å². The van der Waals surface area contributed by atoms with Crippen molar-refractivity contribution in [1.29, 1.82) is 0 Å². The van der Waals surface area contributed by atoms with E-state index < -0.39 is 12.0 Å². The molecule has 2 heterocycles. The zero-order valence-corrected chi connectivity index (χ0v) is 17.7. The van der Waals surface area contributed by atoms with Crippen LogP contribution in [0.25, 0.3) is 0 Å². The molecule has 3 N–H and O–H groups in total. The van der Waals surface area contributed by atoms with E-state index in [0.29, 0.717) is 36.5 Å². The summed E-state index contributed by atoms with van der Waals surface area (Å²) in [4.78, 5) is 38.8. The largest absolute Gasteiger partial charge is 0.465 e. The summed E-state index contributed by atoms with van der Waals surface area (Å²) in [6.45, 7) is 0.971. The summed E-state index contributed by atoms with van der Waals surface area (Å²) in [5, 5.41) is 5.23. The van der Waals surface area contributed by atoms with E-state index in [1.165, 1.54) is 24.9 Å². The van der Waals surface area contributed by atoms with Gasteiger partial charge in [-0.05, 0) is 42.7 Å². The molecule has 0 bridgehead atoms. The smallest absolute Gasteiger partial charge is 0.340 e. The first-order chi connectivity index (χ1) is 13.0. The Bertz CT molecular complexity index is 718. The van der Waals surface area contributed by atoms with Crippen LogP contribution in [0.4, 0.5) is 5.00 Å². The molecule has 1 aromatic heterocycles. The standard InChI is InChI=1S/C19H27N3O4S.ClH/c1-26-18(25)13-6-10-27-17(13)22-9-5-14(16(22)24)21-15(23)11-19(12-20)7-3-2-4-8-19;/h6,10,14H,2-5,7-9,11-12,20H2,1H3,(H,21,23);1H. The lowest BCUT2D eigenvalue weighted by Crippen LogP contribution is -2.45. The summed E-state index contributed by atoms with van der Waals surface area (Å²) in [5.74, 6) is -0.753. The average Bonchev–Trinajstić information content (AvgIpc) is 3.29. The normalized spacial score (nSPS) is 21.1. The van der Waals surface area contributed by atoms with Gasteiger partial charge in [0.2, 0.25) is 11.8 Å². The van der Waals surface area contributed by atoms with E-state index in [1.54, 1.807) is 16.3 Å². The highest BCUT2D eigenvalue weighted by Gasteiger charge is 2.38. The van der Waals surface area contributed by atoms with Gasteiger partial charge in [0.1, 0.15) is 11.0 Å². The van der Waals surface area contributed by atoms with E-state index in [2.05, 4.69) is 5.32 Å². The molecule has 0 radical (unpaired) electrons. The first-order valence-corrected chi connectivity index (χ1v) is 10.3. The van der Waals surface area contributed by atoms with Crippen molar-refractivity contribution in [2.45, 2.75) is 51.0 Å². The molecule has 2 aliphatic rings. The number of nitrogens with one attached hydrogen (secondary N) is 1. The number of nitrogens with zero attached hydrogens (tertiary/aromatic N) is 1. The molecule has 2 fully saturated rings. The Balaban J connectivity index is 0.00000280. The lowest BCUT2D eigenvalue weighted by Gasteiger charge is -2.35. The number of carbonyl (C=O) groups excluding carboxylic acids is 3. The summed E-state index contributed by atoms with van der Waals surface area (Å²) >= 11 is 1.32. The molecular formula is C19H28ClN3O4S. The number of rotatable bonds is 6. The van der Waals surface area contributed by atoms with Crippen molar-refractivity contribution in [3.05, 3.63) is 17.0 Å². The van der Waals surface area contributed by atoms with Crippen LogP contribution in [0.1, 0.15) is 55.3 Å². The number of amides is 2. The van der Waals surface area contributed by atoms with Crippen molar-refractivity contribution >= 4 is 46.5 Å². The molecule has 1 aliphatic carbocycles. The molecule has 0 spiro atoms. The van der Waals surface area contributed by atoms with E-state index in [0.717, 1.165) is 25.7 Å². The highest BCUT2D eigenvalue weighted by molar-refractivity contribution is 7.14. The fraction of sp³-hybridized carbons (Fsp3) is 0.632. The minimum atomic E-state index is -0.552. The first kappa shape index (κ1) is 22.6. The van der Waals surface area contributed by atoms with Crippen molar-refractivity contribution in [2.24, 2.45) is 11.1 Å². The van der Waals surface area contributed by atoms with Crippen molar-refractivity contribution in [1.82, 2.24) is 5.32 Å². The third-order valence-corrected chi connectivity index (χ3v) is 6.65. The third kappa shape index (κ3) is 4.67.